The molecule has 130 valence electrons. The van der Waals surface area contributed by atoms with Crippen molar-refractivity contribution in [2.75, 3.05) is 19.9 Å². The molecule has 0 bridgehead atoms. The molecule has 0 aliphatic carbocycles. The van der Waals surface area contributed by atoms with Gasteiger partial charge in [-0.1, -0.05) is 36.0 Å². The first-order valence-corrected chi connectivity index (χ1v) is 9.49. The Labute approximate surface area is 154 Å². The molecule has 0 unspecified atom stereocenters. The highest BCUT2D eigenvalue weighted by Crippen LogP contribution is 2.23. The molecule has 2 heterocycles. The van der Waals surface area contributed by atoms with Crippen molar-refractivity contribution >= 4 is 29.0 Å². The molecule has 6 nitrogen and oxygen atoms in total. The van der Waals surface area contributed by atoms with Crippen molar-refractivity contribution in [2.45, 2.75) is 11.7 Å². The zero-order valence-corrected chi connectivity index (χ0v) is 15.6. The molecular weight excluding hydrogens is 356 g/mol. The molecular formula is C17H18N4O2S2. The maximum atomic E-state index is 12.4. The number of H-pyrrole nitrogens is 1. The van der Waals surface area contributed by atoms with Crippen molar-refractivity contribution < 1.29 is 9.53 Å². The Morgan fingerprint density at radius 1 is 1.32 bits per heavy atom. The summed E-state index contributed by atoms with van der Waals surface area (Å²) < 4.78 is 5.33. The first-order chi connectivity index (χ1) is 12.2. The number of para-hydroxylation sites is 1. The zero-order chi connectivity index (χ0) is 17.6. The molecule has 8 heteroatoms. The number of thiophene rings is 1. The number of benzene rings is 1. The second kappa shape index (κ2) is 8.17. The van der Waals surface area contributed by atoms with E-state index in [2.05, 4.69) is 15.2 Å². The van der Waals surface area contributed by atoms with E-state index in [9.17, 15) is 4.79 Å². The van der Waals surface area contributed by atoms with Crippen LogP contribution in [0.4, 0.5) is 0 Å². The molecule has 25 heavy (non-hydrogen) atoms. The van der Waals surface area contributed by atoms with E-state index in [-0.39, 0.29) is 11.7 Å². The van der Waals surface area contributed by atoms with Crippen LogP contribution in [0.25, 0.3) is 10.7 Å². The smallest absolute Gasteiger partial charge is 0.233 e. The lowest BCUT2D eigenvalue weighted by Crippen LogP contribution is -2.28. The van der Waals surface area contributed by atoms with Crippen LogP contribution >= 0.6 is 23.1 Å². The predicted octanol–water partition coefficient (Wildman–Crippen LogP) is 3.29. The summed E-state index contributed by atoms with van der Waals surface area (Å²) in [7, 11) is 3.41. The van der Waals surface area contributed by atoms with E-state index in [1.54, 1.807) is 30.4 Å². The first-order valence-electron chi connectivity index (χ1n) is 7.62. The molecule has 1 amide bonds. The van der Waals surface area contributed by atoms with Gasteiger partial charge in [0.05, 0.1) is 17.7 Å². The highest BCUT2D eigenvalue weighted by molar-refractivity contribution is 7.99. The summed E-state index contributed by atoms with van der Waals surface area (Å²) in [5.74, 6) is 1.81. The number of thioether (sulfide) groups is 1. The van der Waals surface area contributed by atoms with Crippen molar-refractivity contribution in [3.05, 3.63) is 47.3 Å². The summed E-state index contributed by atoms with van der Waals surface area (Å²) in [6, 6.07) is 11.6. The third kappa shape index (κ3) is 4.40. The number of carbonyl (C=O) groups excluding carboxylic acids is 1. The van der Waals surface area contributed by atoms with E-state index >= 15 is 0 Å². The third-order valence-electron chi connectivity index (χ3n) is 3.57. The molecule has 1 N–H and O–H groups in total. The Hall–Kier alpha value is -2.32. The summed E-state index contributed by atoms with van der Waals surface area (Å²) in [5, 5.41) is 9.62. The van der Waals surface area contributed by atoms with E-state index in [1.165, 1.54) is 11.8 Å². The van der Waals surface area contributed by atoms with Crippen LogP contribution in [-0.2, 0) is 11.3 Å². The largest absolute Gasteiger partial charge is 0.496 e. The second-order valence-corrected chi connectivity index (χ2v) is 7.18. The third-order valence-corrected chi connectivity index (χ3v) is 5.28. The highest BCUT2D eigenvalue weighted by Gasteiger charge is 2.14. The molecule has 0 aliphatic heterocycles. The van der Waals surface area contributed by atoms with Crippen molar-refractivity contribution in [2.24, 2.45) is 0 Å². The average Bonchev–Trinajstić information content (AvgIpc) is 3.31. The van der Waals surface area contributed by atoms with E-state index in [1.807, 2.05) is 41.8 Å². The number of aromatic nitrogens is 3. The van der Waals surface area contributed by atoms with Crippen LogP contribution in [0.5, 0.6) is 5.75 Å². The number of amides is 1. The minimum absolute atomic E-state index is 0.0124. The fourth-order valence-corrected chi connectivity index (χ4v) is 3.65. The molecule has 0 saturated heterocycles. The van der Waals surface area contributed by atoms with Gasteiger partial charge in [0.25, 0.3) is 0 Å². The quantitative estimate of drug-likeness (QED) is 0.643. The van der Waals surface area contributed by atoms with Gasteiger partial charge in [-0.25, -0.2) is 4.98 Å². The summed E-state index contributed by atoms with van der Waals surface area (Å²) in [6.07, 6.45) is 0. The average molecular weight is 374 g/mol. The molecule has 0 radical (unpaired) electrons. The second-order valence-electron chi connectivity index (χ2n) is 5.29. The van der Waals surface area contributed by atoms with E-state index < -0.39 is 0 Å². The summed E-state index contributed by atoms with van der Waals surface area (Å²) in [5.41, 5.74) is 0.976. The summed E-state index contributed by atoms with van der Waals surface area (Å²) in [4.78, 5) is 19.5. The maximum Gasteiger partial charge on any atom is 0.233 e. The van der Waals surface area contributed by atoms with Crippen molar-refractivity contribution in [3.63, 3.8) is 0 Å². The number of hydrogen-bond donors (Lipinski definition) is 1. The van der Waals surface area contributed by atoms with Gasteiger partial charge in [-0.3, -0.25) is 9.89 Å². The number of rotatable bonds is 7. The monoisotopic (exact) mass is 374 g/mol. The number of carbonyl (C=O) groups is 1. The first kappa shape index (κ1) is 17.5. The molecule has 3 rings (SSSR count). The fourth-order valence-electron chi connectivity index (χ4n) is 2.25. The number of ether oxygens (including phenoxy) is 1. The van der Waals surface area contributed by atoms with Gasteiger partial charge in [-0.05, 0) is 17.5 Å². The van der Waals surface area contributed by atoms with Crippen LogP contribution in [0.15, 0.2) is 46.9 Å². The van der Waals surface area contributed by atoms with Crippen molar-refractivity contribution in [3.8, 4) is 16.5 Å². The molecule has 3 aromatic rings. The van der Waals surface area contributed by atoms with Gasteiger partial charge in [0, 0.05) is 19.2 Å². The van der Waals surface area contributed by atoms with Crippen molar-refractivity contribution in [1.82, 2.24) is 20.1 Å². The number of nitrogens with one attached hydrogen (secondary N) is 1. The van der Waals surface area contributed by atoms with Crippen LogP contribution in [0.3, 0.4) is 0 Å². The fraction of sp³-hybridized carbons (Fsp3) is 0.235. The SMILES string of the molecule is COc1ccccc1CN(C)C(=O)CSc1n[nH]c(-c2cccs2)n1. The minimum atomic E-state index is 0.0124. The maximum absolute atomic E-state index is 12.4. The van der Waals surface area contributed by atoms with Crippen LogP contribution in [0.1, 0.15) is 5.56 Å². The summed E-state index contributed by atoms with van der Waals surface area (Å²) >= 11 is 2.92. The van der Waals surface area contributed by atoms with E-state index in [4.69, 9.17) is 4.74 Å². The number of aromatic amines is 1. The number of nitrogens with zero attached hydrogens (tertiary/aromatic N) is 3. The molecule has 2 aromatic heterocycles. The van der Waals surface area contributed by atoms with Gasteiger partial charge in [-0.2, -0.15) is 0 Å². The Bertz CT molecular complexity index is 833. The minimum Gasteiger partial charge on any atom is -0.496 e. The molecule has 0 aliphatic rings. The van der Waals surface area contributed by atoms with Crippen LogP contribution in [0, 0.1) is 0 Å². The number of methoxy groups -OCH3 is 1. The number of hydrogen-bond acceptors (Lipinski definition) is 6. The zero-order valence-electron chi connectivity index (χ0n) is 13.9. The Balaban J connectivity index is 1.55. The molecule has 0 saturated carbocycles. The summed E-state index contributed by atoms with van der Waals surface area (Å²) in [6.45, 7) is 0.498. The Morgan fingerprint density at radius 3 is 2.92 bits per heavy atom. The molecule has 0 fully saturated rings. The van der Waals surface area contributed by atoms with Gasteiger partial charge in [0.1, 0.15) is 5.75 Å². The topological polar surface area (TPSA) is 71.1 Å². The van der Waals surface area contributed by atoms with Crippen molar-refractivity contribution in [1.29, 1.82) is 0 Å². The lowest BCUT2D eigenvalue weighted by Gasteiger charge is -2.18. The van der Waals surface area contributed by atoms with E-state index in [0.717, 1.165) is 22.0 Å². The molecule has 1 aromatic carbocycles. The van der Waals surface area contributed by atoms with Gasteiger partial charge >= 0.3 is 0 Å². The Morgan fingerprint density at radius 2 is 2.16 bits per heavy atom. The van der Waals surface area contributed by atoms with Crippen LogP contribution in [-0.4, -0.2) is 45.9 Å². The molecule has 0 spiro atoms. The normalized spacial score (nSPS) is 10.6. The van der Waals surface area contributed by atoms with Gasteiger partial charge in [0.2, 0.25) is 11.1 Å². The van der Waals surface area contributed by atoms with Crippen LogP contribution < -0.4 is 4.74 Å². The van der Waals surface area contributed by atoms with Gasteiger partial charge in [-0.15, -0.1) is 16.4 Å². The Kier molecular flexibility index (Phi) is 5.72. The van der Waals surface area contributed by atoms with Gasteiger partial charge < -0.3 is 9.64 Å². The standard InChI is InChI=1S/C17H18N4O2S2/c1-21(10-12-6-3-4-7-13(12)23-2)15(22)11-25-17-18-16(19-20-17)14-8-5-9-24-14/h3-9H,10-11H2,1-2H3,(H,18,19,20). The lowest BCUT2D eigenvalue weighted by atomic mass is 10.2. The van der Waals surface area contributed by atoms with E-state index in [0.29, 0.717) is 11.7 Å². The molecule has 0 atom stereocenters. The predicted molar refractivity (Wildman–Crippen MR) is 99.9 cm³/mol. The lowest BCUT2D eigenvalue weighted by molar-refractivity contribution is -0.127. The van der Waals surface area contributed by atoms with Gasteiger partial charge in [0.15, 0.2) is 5.82 Å². The van der Waals surface area contributed by atoms with Crippen LogP contribution in [0.2, 0.25) is 0 Å². The highest BCUT2D eigenvalue weighted by atomic mass is 32.2.